The number of nitrogens with zero attached hydrogens (tertiary/aromatic N) is 3. The van der Waals surface area contributed by atoms with Crippen molar-refractivity contribution in [3.8, 4) is 0 Å². The highest BCUT2D eigenvalue weighted by Crippen LogP contribution is 2.30. The molecule has 2 bridgehead atoms. The lowest BCUT2D eigenvalue weighted by molar-refractivity contribution is 0.131. The van der Waals surface area contributed by atoms with Crippen LogP contribution in [0.4, 0.5) is 0 Å². The Morgan fingerprint density at radius 2 is 2.00 bits per heavy atom. The Labute approximate surface area is 132 Å². The van der Waals surface area contributed by atoms with Gasteiger partial charge in [0.1, 0.15) is 11.0 Å². The average molecular weight is 309 g/mol. The summed E-state index contributed by atoms with van der Waals surface area (Å²) in [5.41, 5.74) is 0.951. The van der Waals surface area contributed by atoms with E-state index in [2.05, 4.69) is 27.1 Å². The summed E-state index contributed by atoms with van der Waals surface area (Å²) < 4.78 is 0. The molecule has 2 fully saturated rings. The number of aryl methyl sites for hydroxylation is 1. The van der Waals surface area contributed by atoms with Crippen LogP contribution in [0, 0.1) is 6.92 Å². The number of nitrogens with one attached hydrogen (secondary N) is 1. The summed E-state index contributed by atoms with van der Waals surface area (Å²) in [7, 11) is 0. The van der Waals surface area contributed by atoms with Crippen LogP contribution >= 0.6 is 11.6 Å². The molecule has 3 rings (SSSR count). The minimum Gasteiger partial charge on any atom is -0.311 e. The van der Waals surface area contributed by atoms with E-state index in [0.717, 1.165) is 36.7 Å². The molecule has 0 radical (unpaired) electrons. The molecular formula is C16H25ClN4. The molecule has 116 valence electrons. The molecule has 1 aromatic heterocycles. The van der Waals surface area contributed by atoms with Gasteiger partial charge >= 0.3 is 0 Å². The van der Waals surface area contributed by atoms with Crippen LogP contribution in [-0.2, 0) is 6.54 Å². The van der Waals surface area contributed by atoms with Crippen molar-refractivity contribution >= 4 is 11.6 Å². The third-order valence-corrected chi connectivity index (χ3v) is 4.88. The number of piperidine rings is 1. The Morgan fingerprint density at radius 3 is 2.62 bits per heavy atom. The van der Waals surface area contributed by atoms with Crippen molar-refractivity contribution in [2.24, 2.45) is 0 Å². The first-order valence-corrected chi connectivity index (χ1v) is 8.52. The smallest absolute Gasteiger partial charge is 0.144 e. The molecule has 0 saturated carbocycles. The van der Waals surface area contributed by atoms with Crippen molar-refractivity contribution in [1.29, 1.82) is 0 Å². The summed E-state index contributed by atoms with van der Waals surface area (Å²) >= 11 is 6.07. The highest BCUT2D eigenvalue weighted by Gasteiger charge is 2.35. The van der Waals surface area contributed by atoms with Gasteiger partial charge in [-0.15, -0.1) is 0 Å². The number of hydrogen-bond donors (Lipinski definition) is 1. The quantitative estimate of drug-likeness (QED) is 0.849. The zero-order valence-electron chi connectivity index (χ0n) is 13.0. The van der Waals surface area contributed by atoms with Crippen molar-refractivity contribution in [1.82, 2.24) is 20.2 Å². The van der Waals surface area contributed by atoms with Gasteiger partial charge in [0, 0.05) is 23.8 Å². The summed E-state index contributed by atoms with van der Waals surface area (Å²) in [6.45, 7) is 6.15. The Bertz CT molecular complexity index is 461. The maximum absolute atomic E-state index is 6.07. The van der Waals surface area contributed by atoms with Crippen LogP contribution in [0.25, 0.3) is 0 Å². The van der Waals surface area contributed by atoms with Gasteiger partial charge in [0.25, 0.3) is 0 Å². The van der Waals surface area contributed by atoms with Crippen molar-refractivity contribution in [2.75, 3.05) is 6.54 Å². The molecule has 2 saturated heterocycles. The van der Waals surface area contributed by atoms with Crippen molar-refractivity contribution in [2.45, 2.75) is 70.6 Å². The largest absolute Gasteiger partial charge is 0.311 e. The number of hydrogen-bond acceptors (Lipinski definition) is 4. The van der Waals surface area contributed by atoms with Crippen LogP contribution < -0.4 is 5.32 Å². The second-order valence-electron chi connectivity index (χ2n) is 6.48. The molecular weight excluding hydrogens is 284 g/mol. The lowest BCUT2D eigenvalue weighted by Crippen LogP contribution is -2.48. The predicted molar refractivity (Wildman–Crippen MR) is 85.4 cm³/mol. The first-order valence-electron chi connectivity index (χ1n) is 8.14. The monoisotopic (exact) mass is 308 g/mol. The average Bonchev–Trinajstić information content (AvgIpc) is 2.76. The van der Waals surface area contributed by atoms with E-state index in [1.54, 1.807) is 0 Å². The number of fused-ring (bicyclic) bond motifs is 2. The molecule has 1 N–H and O–H groups in total. The molecule has 2 atom stereocenters. The van der Waals surface area contributed by atoms with Crippen LogP contribution in [0.5, 0.6) is 0 Å². The lowest BCUT2D eigenvalue weighted by atomic mass is 9.98. The van der Waals surface area contributed by atoms with Gasteiger partial charge in [-0.1, -0.05) is 18.5 Å². The summed E-state index contributed by atoms with van der Waals surface area (Å²) in [6, 6.07) is 3.91. The Hall–Kier alpha value is -0.710. The fourth-order valence-corrected chi connectivity index (χ4v) is 4.10. The van der Waals surface area contributed by atoms with Crippen LogP contribution in [0.3, 0.4) is 0 Å². The summed E-state index contributed by atoms with van der Waals surface area (Å²) in [5, 5.41) is 4.28. The molecule has 21 heavy (non-hydrogen) atoms. The van der Waals surface area contributed by atoms with Gasteiger partial charge in [0.15, 0.2) is 0 Å². The molecule has 1 aromatic rings. The fourth-order valence-electron chi connectivity index (χ4n) is 3.84. The third-order valence-electron chi connectivity index (χ3n) is 4.69. The van der Waals surface area contributed by atoms with E-state index in [9.17, 15) is 0 Å². The normalized spacial score (nSPS) is 28.3. The minimum atomic E-state index is 0.555. The standard InChI is InChI=1S/C16H25ClN4/c1-3-6-21(10-16-18-11(2)7-15(17)20-16)14-8-12-4-5-13(9-14)19-12/h7,12-14,19H,3-6,8-10H2,1-2H3. The van der Waals surface area contributed by atoms with Gasteiger partial charge in [0.2, 0.25) is 0 Å². The molecule has 2 aliphatic rings. The van der Waals surface area contributed by atoms with Crippen molar-refractivity contribution < 1.29 is 0 Å². The molecule has 0 aliphatic carbocycles. The van der Waals surface area contributed by atoms with E-state index in [-0.39, 0.29) is 0 Å². The topological polar surface area (TPSA) is 41.1 Å². The highest BCUT2D eigenvalue weighted by molar-refractivity contribution is 6.29. The van der Waals surface area contributed by atoms with Gasteiger partial charge in [-0.3, -0.25) is 4.90 Å². The number of rotatable bonds is 5. The van der Waals surface area contributed by atoms with Crippen LogP contribution in [0.15, 0.2) is 6.07 Å². The zero-order chi connectivity index (χ0) is 14.8. The molecule has 2 aliphatic heterocycles. The van der Waals surface area contributed by atoms with E-state index in [1.807, 2.05) is 13.0 Å². The molecule has 2 unspecified atom stereocenters. The Morgan fingerprint density at radius 1 is 1.29 bits per heavy atom. The van der Waals surface area contributed by atoms with Crippen molar-refractivity contribution in [3.63, 3.8) is 0 Å². The molecule has 0 amide bonds. The van der Waals surface area contributed by atoms with Gasteiger partial charge in [-0.25, -0.2) is 9.97 Å². The maximum atomic E-state index is 6.07. The van der Waals surface area contributed by atoms with Crippen LogP contribution in [-0.4, -0.2) is 39.5 Å². The second-order valence-corrected chi connectivity index (χ2v) is 6.87. The first-order chi connectivity index (χ1) is 10.1. The van der Waals surface area contributed by atoms with Gasteiger partial charge in [-0.05, 0) is 51.6 Å². The minimum absolute atomic E-state index is 0.555. The molecule has 3 heterocycles. The summed E-state index contributed by atoms with van der Waals surface area (Å²) in [6.07, 6.45) is 6.37. The summed E-state index contributed by atoms with van der Waals surface area (Å²) in [4.78, 5) is 11.5. The van der Waals surface area contributed by atoms with Gasteiger partial charge in [0.05, 0.1) is 6.54 Å². The Kier molecular flexibility index (Phi) is 4.77. The van der Waals surface area contributed by atoms with Crippen LogP contribution in [0.2, 0.25) is 5.15 Å². The Balaban J connectivity index is 1.72. The maximum Gasteiger partial charge on any atom is 0.144 e. The predicted octanol–water partition coefficient (Wildman–Crippen LogP) is 2.93. The van der Waals surface area contributed by atoms with E-state index < -0.39 is 0 Å². The molecule has 0 spiro atoms. The lowest BCUT2D eigenvalue weighted by Gasteiger charge is -2.37. The van der Waals surface area contributed by atoms with Crippen LogP contribution in [0.1, 0.15) is 50.5 Å². The highest BCUT2D eigenvalue weighted by atomic mass is 35.5. The van der Waals surface area contributed by atoms with Gasteiger partial charge in [-0.2, -0.15) is 0 Å². The third kappa shape index (κ3) is 3.74. The fraction of sp³-hybridized carbons (Fsp3) is 0.750. The van der Waals surface area contributed by atoms with E-state index in [0.29, 0.717) is 11.2 Å². The van der Waals surface area contributed by atoms with E-state index in [4.69, 9.17) is 11.6 Å². The SMILES string of the molecule is CCCN(Cc1nc(C)cc(Cl)n1)C1CC2CCC(C1)N2. The summed E-state index contributed by atoms with van der Waals surface area (Å²) in [5.74, 6) is 0.860. The molecule has 4 nitrogen and oxygen atoms in total. The van der Waals surface area contributed by atoms with E-state index in [1.165, 1.54) is 32.1 Å². The van der Waals surface area contributed by atoms with Gasteiger partial charge < -0.3 is 5.32 Å². The first kappa shape index (κ1) is 15.2. The molecule has 5 heteroatoms. The number of aromatic nitrogens is 2. The zero-order valence-corrected chi connectivity index (χ0v) is 13.7. The molecule has 0 aromatic carbocycles. The number of halogens is 1. The van der Waals surface area contributed by atoms with E-state index >= 15 is 0 Å². The second kappa shape index (κ2) is 6.59. The van der Waals surface area contributed by atoms with Crippen molar-refractivity contribution in [3.05, 3.63) is 22.7 Å².